The Morgan fingerprint density at radius 1 is 1.39 bits per heavy atom. The Morgan fingerprint density at radius 2 is 2.26 bits per heavy atom. The second-order valence-corrected chi connectivity index (χ2v) is 6.86. The minimum Gasteiger partial charge on any atom is -0.390 e. The van der Waals surface area contributed by atoms with Gasteiger partial charge in [-0.1, -0.05) is 0 Å². The number of rotatable bonds is 2. The first kappa shape index (κ1) is 15.1. The van der Waals surface area contributed by atoms with Gasteiger partial charge in [0.15, 0.2) is 0 Å². The molecule has 0 aliphatic carbocycles. The number of carbonyl (C=O) groups is 1. The zero-order chi connectivity index (χ0) is 16.0. The molecule has 0 spiro atoms. The average Bonchev–Trinajstić information content (AvgIpc) is 3.16. The van der Waals surface area contributed by atoms with Gasteiger partial charge in [-0.2, -0.15) is 5.10 Å². The van der Waals surface area contributed by atoms with Crippen molar-refractivity contribution in [3.05, 3.63) is 17.5 Å². The maximum Gasteiger partial charge on any atom is 0.241 e. The van der Waals surface area contributed by atoms with Gasteiger partial charge in [-0.15, -0.1) is 0 Å². The fraction of sp³-hybridized carbons (Fsp3) is 0.733. The monoisotopic (exact) mass is 320 g/mol. The van der Waals surface area contributed by atoms with Gasteiger partial charge in [0.05, 0.1) is 31.1 Å². The number of aromatic nitrogens is 2. The van der Waals surface area contributed by atoms with Crippen molar-refractivity contribution in [2.45, 2.75) is 38.2 Å². The molecule has 126 valence electrons. The summed E-state index contributed by atoms with van der Waals surface area (Å²) in [5.41, 5.74) is 8.20. The fourth-order valence-electron chi connectivity index (χ4n) is 4.01. The van der Waals surface area contributed by atoms with Crippen LogP contribution in [-0.4, -0.2) is 69.4 Å². The van der Waals surface area contributed by atoms with Crippen molar-refractivity contribution in [3.8, 4) is 0 Å². The average molecular weight is 320 g/mol. The number of fused-ring (bicyclic) bond motifs is 2. The standard InChI is InChI=1S/C15H24N6O2/c1-19-3-2-13-12(8-19)14(17-16-13)15(23)20-4-5-21-11(7-20)6-10(9-22)18-21/h6,12-14,16-17,22H,2-5,7-9H2,1H3. The first-order valence-corrected chi connectivity index (χ1v) is 8.30. The lowest BCUT2D eigenvalue weighted by Crippen LogP contribution is -2.52. The molecule has 0 radical (unpaired) electrons. The van der Waals surface area contributed by atoms with Gasteiger partial charge >= 0.3 is 0 Å². The normalized spacial score (nSPS) is 31.0. The smallest absolute Gasteiger partial charge is 0.241 e. The number of likely N-dealkylation sites (tertiary alicyclic amines) is 1. The Labute approximate surface area is 135 Å². The van der Waals surface area contributed by atoms with Crippen molar-refractivity contribution in [3.63, 3.8) is 0 Å². The van der Waals surface area contributed by atoms with Gasteiger partial charge in [-0.05, 0) is 26.1 Å². The molecule has 1 aromatic heterocycles. The van der Waals surface area contributed by atoms with Crippen LogP contribution in [-0.2, 0) is 24.5 Å². The molecule has 8 nitrogen and oxygen atoms in total. The van der Waals surface area contributed by atoms with Crippen LogP contribution in [0, 0.1) is 5.92 Å². The molecular formula is C15H24N6O2. The summed E-state index contributed by atoms with van der Waals surface area (Å²) in [4.78, 5) is 17.2. The zero-order valence-electron chi connectivity index (χ0n) is 13.4. The molecule has 2 fully saturated rings. The molecule has 3 aliphatic heterocycles. The molecule has 23 heavy (non-hydrogen) atoms. The quantitative estimate of drug-likeness (QED) is 0.616. The van der Waals surface area contributed by atoms with Gasteiger partial charge in [-0.3, -0.25) is 14.9 Å². The third-order valence-corrected chi connectivity index (χ3v) is 5.30. The van der Waals surface area contributed by atoms with Crippen LogP contribution in [0.2, 0.25) is 0 Å². The third-order valence-electron chi connectivity index (χ3n) is 5.30. The van der Waals surface area contributed by atoms with Crippen molar-refractivity contribution in [2.75, 3.05) is 26.7 Å². The van der Waals surface area contributed by atoms with Crippen LogP contribution in [0.1, 0.15) is 17.8 Å². The molecule has 1 amide bonds. The van der Waals surface area contributed by atoms with Crippen molar-refractivity contribution in [1.82, 2.24) is 30.4 Å². The highest BCUT2D eigenvalue weighted by atomic mass is 16.3. The summed E-state index contributed by atoms with van der Waals surface area (Å²) in [5.74, 6) is 0.486. The molecule has 3 unspecified atom stereocenters. The third kappa shape index (κ3) is 2.65. The second kappa shape index (κ2) is 5.86. The number of aliphatic hydroxyl groups is 1. The van der Waals surface area contributed by atoms with Crippen LogP contribution in [0.15, 0.2) is 6.07 Å². The summed E-state index contributed by atoms with van der Waals surface area (Å²) in [6, 6.07) is 2.11. The minimum absolute atomic E-state index is 0.0574. The van der Waals surface area contributed by atoms with Crippen molar-refractivity contribution >= 4 is 5.91 Å². The molecule has 3 aliphatic rings. The predicted molar refractivity (Wildman–Crippen MR) is 83.0 cm³/mol. The van der Waals surface area contributed by atoms with Crippen LogP contribution >= 0.6 is 0 Å². The lowest BCUT2D eigenvalue weighted by atomic mass is 9.88. The Balaban J connectivity index is 1.47. The van der Waals surface area contributed by atoms with E-state index in [0.717, 1.165) is 25.2 Å². The highest BCUT2D eigenvalue weighted by molar-refractivity contribution is 5.82. The van der Waals surface area contributed by atoms with E-state index in [9.17, 15) is 9.90 Å². The van der Waals surface area contributed by atoms with E-state index in [1.165, 1.54) is 0 Å². The number of hydrogen-bond acceptors (Lipinski definition) is 6. The summed E-state index contributed by atoms with van der Waals surface area (Å²) in [7, 11) is 2.12. The zero-order valence-corrected chi connectivity index (χ0v) is 13.4. The summed E-state index contributed by atoms with van der Waals surface area (Å²) in [5, 5.41) is 13.5. The molecule has 4 heterocycles. The summed E-state index contributed by atoms with van der Waals surface area (Å²) in [6.07, 6.45) is 1.07. The van der Waals surface area contributed by atoms with E-state index in [1.54, 1.807) is 0 Å². The Bertz CT molecular complexity index is 603. The lowest BCUT2D eigenvalue weighted by molar-refractivity contribution is -0.136. The maximum atomic E-state index is 13.0. The SMILES string of the molecule is CN1CCC2NNC(C(=O)N3CCn4nc(CO)cc4C3)C2C1. The molecule has 8 heteroatoms. The molecule has 1 aromatic rings. The van der Waals surface area contributed by atoms with E-state index < -0.39 is 0 Å². The van der Waals surface area contributed by atoms with E-state index in [1.807, 2.05) is 15.6 Å². The Morgan fingerprint density at radius 3 is 3.09 bits per heavy atom. The van der Waals surface area contributed by atoms with Gasteiger partial charge in [0.1, 0.15) is 6.04 Å². The number of carbonyl (C=O) groups excluding carboxylic acids is 1. The number of aliphatic hydroxyl groups excluding tert-OH is 1. The Hall–Kier alpha value is -1.48. The molecular weight excluding hydrogens is 296 g/mol. The number of hydrazine groups is 1. The first-order valence-electron chi connectivity index (χ1n) is 8.30. The minimum atomic E-state index is -0.158. The van der Waals surface area contributed by atoms with E-state index in [4.69, 9.17) is 0 Å². The predicted octanol–water partition coefficient (Wildman–Crippen LogP) is -1.49. The first-order chi connectivity index (χ1) is 11.2. The lowest BCUT2D eigenvalue weighted by Gasteiger charge is -2.35. The number of hydrogen-bond donors (Lipinski definition) is 3. The molecule has 0 aromatic carbocycles. The summed E-state index contributed by atoms with van der Waals surface area (Å²) >= 11 is 0. The highest BCUT2D eigenvalue weighted by Gasteiger charge is 2.44. The van der Waals surface area contributed by atoms with Crippen molar-refractivity contribution in [2.24, 2.45) is 5.92 Å². The largest absolute Gasteiger partial charge is 0.390 e. The highest BCUT2D eigenvalue weighted by Crippen LogP contribution is 2.25. The number of nitrogens with zero attached hydrogens (tertiary/aromatic N) is 4. The van der Waals surface area contributed by atoms with Crippen LogP contribution in [0.3, 0.4) is 0 Å². The van der Waals surface area contributed by atoms with Gasteiger partial charge in [0, 0.05) is 25.0 Å². The molecule has 3 N–H and O–H groups in total. The Kier molecular flexibility index (Phi) is 3.84. The molecule has 2 saturated heterocycles. The van der Waals surface area contributed by atoms with Gasteiger partial charge in [-0.25, -0.2) is 5.43 Å². The maximum absolute atomic E-state index is 13.0. The summed E-state index contributed by atoms with van der Waals surface area (Å²) in [6.45, 7) is 3.89. The summed E-state index contributed by atoms with van der Waals surface area (Å²) < 4.78 is 1.90. The van der Waals surface area contributed by atoms with Crippen molar-refractivity contribution < 1.29 is 9.90 Å². The molecule has 4 rings (SSSR count). The molecule has 3 atom stereocenters. The van der Waals surface area contributed by atoms with E-state index in [2.05, 4.69) is 27.9 Å². The van der Waals surface area contributed by atoms with Crippen LogP contribution in [0.25, 0.3) is 0 Å². The van der Waals surface area contributed by atoms with Crippen molar-refractivity contribution in [1.29, 1.82) is 0 Å². The molecule has 0 saturated carbocycles. The van der Waals surface area contributed by atoms with Gasteiger partial charge in [0.2, 0.25) is 5.91 Å². The number of piperidine rings is 1. The van der Waals surface area contributed by atoms with E-state index in [0.29, 0.717) is 37.3 Å². The van der Waals surface area contributed by atoms with Crippen LogP contribution < -0.4 is 10.9 Å². The van der Waals surface area contributed by atoms with Gasteiger partial charge in [0.25, 0.3) is 0 Å². The fourth-order valence-corrected chi connectivity index (χ4v) is 4.01. The second-order valence-electron chi connectivity index (χ2n) is 6.86. The van der Waals surface area contributed by atoms with Gasteiger partial charge < -0.3 is 14.9 Å². The number of nitrogens with one attached hydrogen (secondary N) is 2. The van der Waals surface area contributed by atoms with E-state index in [-0.39, 0.29) is 18.6 Å². The number of amides is 1. The van der Waals surface area contributed by atoms with E-state index >= 15 is 0 Å². The molecule has 0 bridgehead atoms. The van der Waals surface area contributed by atoms with Crippen LogP contribution in [0.4, 0.5) is 0 Å². The van der Waals surface area contributed by atoms with Crippen LogP contribution in [0.5, 0.6) is 0 Å². The topological polar surface area (TPSA) is 85.7 Å².